The first kappa shape index (κ1) is 14.8. The van der Waals surface area contributed by atoms with Gasteiger partial charge < -0.3 is 9.84 Å². The summed E-state index contributed by atoms with van der Waals surface area (Å²) in [4.78, 5) is 2.41. The summed E-state index contributed by atoms with van der Waals surface area (Å²) in [5.74, 6) is 1.33. The molecule has 0 aromatic heterocycles. The fourth-order valence-electron chi connectivity index (χ4n) is 2.75. The van der Waals surface area contributed by atoms with E-state index in [2.05, 4.69) is 33.8 Å². The van der Waals surface area contributed by atoms with Crippen molar-refractivity contribution in [3.8, 4) is 5.75 Å². The second kappa shape index (κ2) is 6.73. The Morgan fingerprint density at radius 2 is 2.26 bits per heavy atom. The predicted molar refractivity (Wildman–Crippen MR) is 80.4 cm³/mol. The molecule has 4 heteroatoms. The molecule has 2 rings (SSSR count). The van der Waals surface area contributed by atoms with Gasteiger partial charge in [-0.2, -0.15) is 0 Å². The molecular formula is C15H22BrNO2. The van der Waals surface area contributed by atoms with Crippen LogP contribution in [-0.4, -0.2) is 36.3 Å². The molecule has 19 heavy (non-hydrogen) atoms. The molecule has 1 aliphatic heterocycles. The minimum Gasteiger partial charge on any atom is -0.496 e. The number of ether oxygens (including phenoxy) is 1. The molecule has 1 aromatic carbocycles. The Morgan fingerprint density at radius 3 is 2.95 bits per heavy atom. The third kappa shape index (κ3) is 3.71. The van der Waals surface area contributed by atoms with Crippen LogP contribution in [0.25, 0.3) is 0 Å². The number of piperidine rings is 1. The highest BCUT2D eigenvalue weighted by atomic mass is 79.9. The summed E-state index contributed by atoms with van der Waals surface area (Å²) in [6, 6.07) is 6.11. The lowest BCUT2D eigenvalue weighted by Crippen LogP contribution is -2.42. The van der Waals surface area contributed by atoms with E-state index in [1.54, 1.807) is 7.11 Å². The molecule has 3 nitrogen and oxygen atoms in total. The van der Waals surface area contributed by atoms with Crippen molar-refractivity contribution in [1.29, 1.82) is 0 Å². The number of likely N-dealkylation sites (tertiary alicyclic amines) is 1. The number of nitrogens with zero attached hydrogens (tertiary/aromatic N) is 1. The van der Waals surface area contributed by atoms with Crippen LogP contribution in [0.1, 0.15) is 25.3 Å². The summed E-state index contributed by atoms with van der Waals surface area (Å²) in [5.41, 5.74) is 1.20. The van der Waals surface area contributed by atoms with E-state index in [-0.39, 0.29) is 6.10 Å². The summed E-state index contributed by atoms with van der Waals surface area (Å²) < 4.78 is 6.50. The summed E-state index contributed by atoms with van der Waals surface area (Å²) in [6.07, 6.45) is 1.77. The van der Waals surface area contributed by atoms with Crippen LogP contribution < -0.4 is 4.74 Å². The first-order valence-electron chi connectivity index (χ1n) is 6.87. The quantitative estimate of drug-likeness (QED) is 0.922. The van der Waals surface area contributed by atoms with Crippen molar-refractivity contribution in [3.63, 3.8) is 0 Å². The van der Waals surface area contributed by atoms with Gasteiger partial charge in [0.05, 0.1) is 13.2 Å². The van der Waals surface area contributed by atoms with E-state index in [9.17, 15) is 5.11 Å². The van der Waals surface area contributed by atoms with Gasteiger partial charge in [0.1, 0.15) is 5.75 Å². The fourth-order valence-corrected chi connectivity index (χ4v) is 3.16. The van der Waals surface area contributed by atoms with Gasteiger partial charge in [0.2, 0.25) is 0 Å². The largest absolute Gasteiger partial charge is 0.496 e. The smallest absolute Gasteiger partial charge is 0.123 e. The summed E-state index contributed by atoms with van der Waals surface area (Å²) in [7, 11) is 1.71. The molecule has 2 atom stereocenters. The Balaban J connectivity index is 2.06. The maximum Gasteiger partial charge on any atom is 0.123 e. The lowest BCUT2D eigenvalue weighted by Gasteiger charge is -2.36. The Kier molecular flexibility index (Phi) is 5.25. The number of halogens is 1. The maximum atomic E-state index is 9.94. The van der Waals surface area contributed by atoms with Gasteiger partial charge in [-0.1, -0.05) is 22.9 Å². The maximum absolute atomic E-state index is 9.94. The van der Waals surface area contributed by atoms with Gasteiger partial charge in [-0.15, -0.1) is 0 Å². The third-order valence-electron chi connectivity index (χ3n) is 3.94. The van der Waals surface area contributed by atoms with Crippen molar-refractivity contribution in [3.05, 3.63) is 28.2 Å². The number of rotatable bonds is 4. The van der Waals surface area contributed by atoms with Crippen LogP contribution in [0.15, 0.2) is 22.7 Å². The molecule has 0 spiro atoms. The summed E-state index contributed by atoms with van der Waals surface area (Å²) in [5, 5.41) is 9.94. The lowest BCUT2D eigenvalue weighted by molar-refractivity contribution is 0.0219. The highest BCUT2D eigenvalue weighted by molar-refractivity contribution is 9.10. The topological polar surface area (TPSA) is 32.7 Å². The van der Waals surface area contributed by atoms with Gasteiger partial charge in [0.25, 0.3) is 0 Å². The first-order chi connectivity index (χ1) is 9.13. The molecule has 1 saturated heterocycles. The highest BCUT2D eigenvalue weighted by Crippen LogP contribution is 2.27. The van der Waals surface area contributed by atoms with Crippen LogP contribution in [0, 0.1) is 5.92 Å². The average molecular weight is 328 g/mol. The Morgan fingerprint density at radius 1 is 1.47 bits per heavy atom. The molecule has 1 aliphatic rings. The molecule has 106 valence electrons. The van der Waals surface area contributed by atoms with Crippen LogP contribution in [0.2, 0.25) is 0 Å². The highest BCUT2D eigenvalue weighted by Gasteiger charge is 2.26. The number of hydrogen-bond acceptors (Lipinski definition) is 3. The van der Waals surface area contributed by atoms with Gasteiger partial charge in [0, 0.05) is 29.7 Å². The molecule has 0 saturated carbocycles. The standard InChI is InChI=1S/C15H22BrNO2/c1-3-11-9-17(7-6-14(11)18)10-12-8-13(16)4-5-15(12)19-2/h4-5,8,11,14,18H,3,6-7,9-10H2,1-2H3. The zero-order chi connectivity index (χ0) is 13.8. The molecule has 1 fully saturated rings. The van der Waals surface area contributed by atoms with E-state index in [0.717, 1.165) is 42.7 Å². The van der Waals surface area contributed by atoms with E-state index >= 15 is 0 Å². The minimum atomic E-state index is -0.134. The zero-order valence-electron chi connectivity index (χ0n) is 11.6. The van der Waals surface area contributed by atoms with E-state index in [0.29, 0.717) is 5.92 Å². The Hall–Kier alpha value is -0.580. The van der Waals surface area contributed by atoms with Crippen molar-refractivity contribution < 1.29 is 9.84 Å². The number of benzene rings is 1. The Bertz CT molecular complexity index is 425. The monoisotopic (exact) mass is 327 g/mol. The fraction of sp³-hybridized carbons (Fsp3) is 0.600. The minimum absolute atomic E-state index is 0.134. The van der Waals surface area contributed by atoms with E-state index < -0.39 is 0 Å². The number of aliphatic hydroxyl groups excluding tert-OH is 1. The first-order valence-corrected chi connectivity index (χ1v) is 7.66. The van der Waals surface area contributed by atoms with Gasteiger partial charge in [0.15, 0.2) is 0 Å². The molecule has 2 unspecified atom stereocenters. The average Bonchev–Trinajstić information content (AvgIpc) is 2.41. The molecule has 0 amide bonds. The molecule has 1 heterocycles. The second-order valence-corrected chi connectivity index (χ2v) is 6.13. The molecule has 0 aliphatic carbocycles. The normalized spacial score (nSPS) is 24.4. The van der Waals surface area contributed by atoms with Gasteiger partial charge in [-0.05, 0) is 37.0 Å². The molecular weight excluding hydrogens is 306 g/mol. The predicted octanol–water partition coefficient (Wildman–Crippen LogP) is 3.05. The van der Waals surface area contributed by atoms with E-state index in [4.69, 9.17) is 4.74 Å². The van der Waals surface area contributed by atoms with Crippen LogP contribution in [0.4, 0.5) is 0 Å². The second-order valence-electron chi connectivity index (χ2n) is 5.22. The Labute approximate surface area is 123 Å². The third-order valence-corrected chi connectivity index (χ3v) is 4.43. The molecule has 0 bridgehead atoms. The van der Waals surface area contributed by atoms with Crippen molar-refractivity contribution in [2.24, 2.45) is 5.92 Å². The van der Waals surface area contributed by atoms with Gasteiger partial charge in [-0.3, -0.25) is 4.90 Å². The van der Waals surface area contributed by atoms with Gasteiger partial charge in [-0.25, -0.2) is 0 Å². The SMILES string of the molecule is CCC1CN(Cc2cc(Br)ccc2OC)CCC1O. The number of aliphatic hydroxyl groups is 1. The van der Waals surface area contributed by atoms with E-state index in [1.807, 2.05) is 12.1 Å². The summed E-state index contributed by atoms with van der Waals surface area (Å²) in [6.45, 7) is 4.95. The van der Waals surface area contributed by atoms with Crippen molar-refractivity contribution >= 4 is 15.9 Å². The molecule has 1 aromatic rings. The van der Waals surface area contributed by atoms with Crippen LogP contribution in [-0.2, 0) is 6.54 Å². The van der Waals surface area contributed by atoms with Crippen LogP contribution in [0.3, 0.4) is 0 Å². The van der Waals surface area contributed by atoms with Crippen molar-refractivity contribution in [1.82, 2.24) is 4.90 Å². The zero-order valence-corrected chi connectivity index (χ0v) is 13.2. The van der Waals surface area contributed by atoms with Crippen molar-refractivity contribution in [2.45, 2.75) is 32.4 Å². The number of methoxy groups -OCH3 is 1. The van der Waals surface area contributed by atoms with Gasteiger partial charge >= 0.3 is 0 Å². The number of hydrogen-bond donors (Lipinski definition) is 1. The van der Waals surface area contributed by atoms with Crippen LogP contribution >= 0.6 is 15.9 Å². The van der Waals surface area contributed by atoms with Crippen LogP contribution in [0.5, 0.6) is 5.75 Å². The lowest BCUT2D eigenvalue weighted by atomic mass is 9.92. The van der Waals surface area contributed by atoms with Crippen molar-refractivity contribution in [2.75, 3.05) is 20.2 Å². The van der Waals surface area contributed by atoms with E-state index in [1.165, 1.54) is 5.56 Å². The molecule has 1 N–H and O–H groups in total. The molecule has 0 radical (unpaired) electrons. The summed E-state index contributed by atoms with van der Waals surface area (Å²) >= 11 is 3.51.